The monoisotopic (exact) mass is 385 g/mol. The largest absolute Gasteiger partial charge is 0.394 e. The SMILES string of the molecule is O=C(NC(CO)C(=O)Nc1ccc2ncccc2c1)c1ccc2ccccc2c1. The zero-order valence-electron chi connectivity index (χ0n) is 15.5. The van der Waals surface area contributed by atoms with Crippen LogP contribution in [0, 0.1) is 0 Å². The number of aliphatic hydroxyl groups is 1. The summed E-state index contributed by atoms with van der Waals surface area (Å²) in [7, 11) is 0. The van der Waals surface area contributed by atoms with Crippen molar-refractivity contribution in [1.82, 2.24) is 10.3 Å². The lowest BCUT2D eigenvalue weighted by molar-refractivity contribution is -0.118. The van der Waals surface area contributed by atoms with Crippen molar-refractivity contribution >= 4 is 39.2 Å². The molecule has 0 aliphatic carbocycles. The summed E-state index contributed by atoms with van der Waals surface area (Å²) in [6.07, 6.45) is 1.70. The van der Waals surface area contributed by atoms with E-state index in [-0.39, 0.29) is 0 Å². The summed E-state index contributed by atoms with van der Waals surface area (Å²) >= 11 is 0. The molecule has 0 saturated heterocycles. The number of carbonyl (C=O) groups excluding carboxylic acids is 2. The Labute approximate surface area is 167 Å². The summed E-state index contributed by atoms with van der Waals surface area (Å²) in [6.45, 7) is -0.514. The van der Waals surface area contributed by atoms with Crippen LogP contribution in [0.1, 0.15) is 10.4 Å². The molecule has 1 heterocycles. The van der Waals surface area contributed by atoms with E-state index in [4.69, 9.17) is 0 Å². The zero-order chi connectivity index (χ0) is 20.2. The van der Waals surface area contributed by atoms with Gasteiger partial charge in [0, 0.05) is 22.8 Å². The highest BCUT2D eigenvalue weighted by Crippen LogP contribution is 2.18. The first-order valence-electron chi connectivity index (χ1n) is 9.20. The van der Waals surface area contributed by atoms with Crippen LogP contribution in [-0.2, 0) is 4.79 Å². The number of hydrogen-bond acceptors (Lipinski definition) is 4. The van der Waals surface area contributed by atoms with E-state index in [1.807, 2.05) is 42.5 Å². The molecule has 1 aromatic heterocycles. The Balaban J connectivity index is 1.48. The van der Waals surface area contributed by atoms with E-state index in [9.17, 15) is 14.7 Å². The number of aromatic nitrogens is 1. The van der Waals surface area contributed by atoms with Gasteiger partial charge in [-0.3, -0.25) is 14.6 Å². The number of nitrogens with one attached hydrogen (secondary N) is 2. The minimum Gasteiger partial charge on any atom is -0.394 e. The number of nitrogens with zero attached hydrogens (tertiary/aromatic N) is 1. The molecule has 1 unspecified atom stereocenters. The molecule has 144 valence electrons. The first kappa shape index (κ1) is 18.6. The van der Waals surface area contributed by atoms with Crippen molar-refractivity contribution in [2.75, 3.05) is 11.9 Å². The standard InChI is InChI=1S/C23H19N3O3/c27-14-21(23(29)25-19-9-10-20-17(13-19)6-3-11-24-20)26-22(28)18-8-7-15-4-1-2-5-16(15)12-18/h1-13,21,27H,14H2,(H,25,29)(H,26,28). The van der Waals surface area contributed by atoms with Crippen LogP contribution in [0.15, 0.2) is 79.0 Å². The van der Waals surface area contributed by atoms with Gasteiger partial charge in [-0.15, -0.1) is 0 Å². The lowest BCUT2D eigenvalue weighted by Gasteiger charge is -2.16. The Hall–Kier alpha value is -3.77. The van der Waals surface area contributed by atoms with Crippen LogP contribution in [0.25, 0.3) is 21.7 Å². The van der Waals surface area contributed by atoms with Gasteiger partial charge in [0.15, 0.2) is 0 Å². The van der Waals surface area contributed by atoms with E-state index < -0.39 is 24.5 Å². The lowest BCUT2D eigenvalue weighted by Crippen LogP contribution is -2.46. The molecule has 6 heteroatoms. The van der Waals surface area contributed by atoms with Gasteiger partial charge in [-0.25, -0.2) is 0 Å². The second-order valence-corrected chi connectivity index (χ2v) is 6.67. The molecule has 29 heavy (non-hydrogen) atoms. The predicted octanol–water partition coefficient (Wildman–Crippen LogP) is 3.12. The molecule has 3 aromatic carbocycles. The van der Waals surface area contributed by atoms with Crippen molar-refractivity contribution in [3.8, 4) is 0 Å². The number of anilines is 1. The first-order chi connectivity index (χ1) is 14.1. The van der Waals surface area contributed by atoms with Gasteiger partial charge in [-0.1, -0.05) is 36.4 Å². The van der Waals surface area contributed by atoms with Gasteiger partial charge in [0.1, 0.15) is 6.04 Å². The number of aliphatic hydroxyl groups excluding tert-OH is 1. The van der Waals surface area contributed by atoms with Gasteiger partial charge < -0.3 is 15.7 Å². The van der Waals surface area contributed by atoms with Crippen LogP contribution in [-0.4, -0.2) is 34.6 Å². The maximum absolute atomic E-state index is 12.6. The van der Waals surface area contributed by atoms with Crippen LogP contribution in [0.3, 0.4) is 0 Å². The van der Waals surface area contributed by atoms with E-state index in [2.05, 4.69) is 15.6 Å². The summed E-state index contributed by atoms with van der Waals surface area (Å²) in [5, 5.41) is 17.8. The number of rotatable bonds is 5. The average molecular weight is 385 g/mol. The molecular weight excluding hydrogens is 366 g/mol. The Kier molecular flexibility index (Phi) is 5.18. The van der Waals surface area contributed by atoms with Crippen molar-refractivity contribution in [3.63, 3.8) is 0 Å². The molecule has 0 aliphatic heterocycles. The fraction of sp³-hybridized carbons (Fsp3) is 0.0870. The van der Waals surface area contributed by atoms with E-state index in [1.165, 1.54) is 0 Å². The minimum atomic E-state index is -1.07. The lowest BCUT2D eigenvalue weighted by atomic mass is 10.1. The van der Waals surface area contributed by atoms with Crippen LogP contribution in [0.4, 0.5) is 5.69 Å². The third kappa shape index (κ3) is 4.07. The molecule has 0 spiro atoms. The summed E-state index contributed by atoms with van der Waals surface area (Å²) in [4.78, 5) is 29.4. The zero-order valence-corrected chi connectivity index (χ0v) is 15.5. The Morgan fingerprint density at radius 3 is 2.52 bits per heavy atom. The average Bonchev–Trinajstić information content (AvgIpc) is 2.76. The predicted molar refractivity (Wildman–Crippen MR) is 113 cm³/mol. The van der Waals surface area contributed by atoms with Crippen LogP contribution < -0.4 is 10.6 Å². The number of carbonyl (C=O) groups is 2. The highest BCUT2D eigenvalue weighted by Gasteiger charge is 2.21. The highest BCUT2D eigenvalue weighted by molar-refractivity contribution is 6.03. The molecule has 4 rings (SSSR count). The third-order valence-electron chi connectivity index (χ3n) is 4.69. The normalized spacial score (nSPS) is 11.9. The van der Waals surface area contributed by atoms with Crippen LogP contribution in [0.5, 0.6) is 0 Å². The van der Waals surface area contributed by atoms with Crippen molar-refractivity contribution in [1.29, 1.82) is 0 Å². The molecule has 1 atom stereocenters. The van der Waals surface area contributed by atoms with Gasteiger partial charge >= 0.3 is 0 Å². The molecule has 4 aromatic rings. The van der Waals surface area contributed by atoms with Gasteiger partial charge in [0.2, 0.25) is 5.91 Å². The summed E-state index contributed by atoms with van der Waals surface area (Å²) in [6, 6.07) is 20.9. The molecule has 0 fully saturated rings. The molecule has 0 bridgehead atoms. The number of amides is 2. The molecular formula is C23H19N3O3. The van der Waals surface area contributed by atoms with Gasteiger partial charge in [0.25, 0.3) is 5.91 Å². The fourth-order valence-electron chi connectivity index (χ4n) is 3.15. The quantitative estimate of drug-likeness (QED) is 0.492. The second-order valence-electron chi connectivity index (χ2n) is 6.67. The molecule has 3 N–H and O–H groups in total. The van der Waals surface area contributed by atoms with Gasteiger partial charge in [-0.2, -0.15) is 0 Å². The molecule has 0 aliphatic rings. The van der Waals surface area contributed by atoms with Crippen LogP contribution in [0.2, 0.25) is 0 Å². The molecule has 0 saturated carbocycles. The highest BCUT2D eigenvalue weighted by atomic mass is 16.3. The summed E-state index contributed by atoms with van der Waals surface area (Å²) < 4.78 is 0. The molecule has 0 radical (unpaired) electrons. The smallest absolute Gasteiger partial charge is 0.252 e. The van der Waals surface area contributed by atoms with Crippen molar-refractivity contribution < 1.29 is 14.7 Å². The Morgan fingerprint density at radius 1 is 0.897 bits per heavy atom. The Bertz CT molecular complexity index is 1210. The number of benzene rings is 3. The maximum Gasteiger partial charge on any atom is 0.252 e. The Morgan fingerprint density at radius 2 is 1.69 bits per heavy atom. The third-order valence-corrected chi connectivity index (χ3v) is 4.69. The van der Waals surface area contributed by atoms with Gasteiger partial charge in [0.05, 0.1) is 12.1 Å². The van der Waals surface area contributed by atoms with Gasteiger partial charge in [-0.05, 0) is 47.2 Å². The number of pyridine rings is 1. The first-order valence-corrected chi connectivity index (χ1v) is 9.20. The van der Waals surface area contributed by atoms with E-state index in [0.29, 0.717) is 11.3 Å². The topological polar surface area (TPSA) is 91.3 Å². The van der Waals surface area contributed by atoms with E-state index in [0.717, 1.165) is 21.7 Å². The van der Waals surface area contributed by atoms with Crippen molar-refractivity contribution in [3.05, 3.63) is 84.6 Å². The molecule has 2 amide bonds. The summed E-state index contributed by atoms with van der Waals surface area (Å²) in [5.41, 5.74) is 1.80. The number of hydrogen-bond donors (Lipinski definition) is 3. The van der Waals surface area contributed by atoms with E-state index >= 15 is 0 Å². The summed E-state index contributed by atoms with van der Waals surface area (Å²) in [5.74, 6) is -0.919. The fourth-order valence-corrected chi connectivity index (χ4v) is 3.15. The van der Waals surface area contributed by atoms with Crippen LogP contribution >= 0.6 is 0 Å². The minimum absolute atomic E-state index is 0.423. The van der Waals surface area contributed by atoms with Crippen molar-refractivity contribution in [2.24, 2.45) is 0 Å². The van der Waals surface area contributed by atoms with Crippen molar-refractivity contribution in [2.45, 2.75) is 6.04 Å². The molecule has 6 nitrogen and oxygen atoms in total. The maximum atomic E-state index is 12.6. The second kappa shape index (κ2) is 8.08. The van der Waals surface area contributed by atoms with E-state index in [1.54, 1.807) is 36.5 Å². The number of fused-ring (bicyclic) bond motifs is 2.